The lowest BCUT2D eigenvalue weighted by atomic mass is 10.2. The molecule has 0 atom stereocenters. The Morgan fingerprint density at radius 1 is 0.724 bits per heavy atom. The Bertz CT molecular complexity index is 420. The maximum absolute atomic E-state index is 11.4. The van der Waals surface area contributed by atoms with Gasteiger partial charge in [-0.15, -0.1) is 6.42 Å². The Morgan fingerprint density at radius 3 is 1.48 bits per heavy atom. The van der Waals surface area contributed by atoms with E-state index < -0.39 is 11.7 Å². The van der Waals surface area contributed by atoms with Gasteiger partial charge in [0.25, 0.3) is 0 Å². The van der Waals surface area contributed by atoms with E-state index in [1.54, 1.807) is 0 Å². The van der Waals surface area contributed by atoms with Gasteiger partial charge in [0.15, 0.2) is 0 Å². The van der Waals surface area contributed by atoms with E-state index in [4.69, 9.17) is 39.6 Å². The van der Waals surface area contributed by atoms with Gasteiger partial charge in [0.1, 0.15) is 12.2 Å². The third kappa shape index (κ3) is 24.6. The zero-order valence-electron chi connectivity index (χ0n) is 18.0. The second-order valence-electron chi connectivity index (χ2n) is 6.75. The molecule has 0 aromatic rings. The predicted molar refractivity (Wildman–Crippen MR) is 108 cm³/mol. The van der Waals surface area contributed by atoms with Crippen molar-refractivity contribution < 1.29 is 38.0 Å². The van der Waals surface area contributed by atoms with Gasteiger partial charge in [-0.05, 0) is 20.8 Å². The highest BCUT2D eigenvalue weighted by atomic mass is 16.6. The van der Waals surface area contributed by atoms with Crippen LogP contribution in [0.1, 0.15) is 20.8 Å². The van der Waals surface area contributed by atoms with Gasteiger partial charge in [-0.25, -0.2) is 4.79 Å². The standard InChI is InChI=1S/C20H37NO8/c1-5-7-23-9-11-25-13-15-27-17-18-28-16-14-26-12-10-24-8-6-21-19(22)29-20(2,3)4/h1H,6-18H2,2-4H3,(H,21,22). The summed E-state index contributed by atoms with van der Waals surface area (Å²) < 4.78 is 37.0. The first-order valence-electron chi connectivity index (χ1n) is 9.82. The highest BCUT2D eigenvalue weighted by Crippen LogP contribution is 2.05. The maximum Gasteiger partial charge on any atom is 0.407 e. The van der Waals surface area contributed by atoms with Gasteiger partial charge in [-0.2, -0.15) is 0 Å². The molecular weight excluding hydrogens is 382 g/mol. The summed E-state index contributed by atoms with van der Waals surface area (Å²) in [5.41, 5.74) is -0.500. The van der Waals surface area contributed by atoms with Crippen molar-refractivity contribution in [2.75, 3.05) is 85.8 Å². The number of nitrogens with one attached hydrogen (secondary N) is 1. The van der Waals surface area contributed by atoms with Gasteiger partial charge >= 0.3 is 6.09 Å². The van der Waals surface area contributed by atoms with Crippen molar-refractivity contribution in [1.82, 2.24) is 5.32 Å². The molecule has 170 valence electrons. The van der Waals surface area contributed by atoms with Crippen molar-refractivity contribution in [1.29, 1.82) is 0 Å². The fraction of sp³-hybridized carbons (Fsp3) is 0.850. The van der Waals surface area contributed by atoms with Crippen molar-refractivity contribution in [3.05, 3.63) is 0 Å². The molecule has 1 N–H and O–H groups in total. The molecule has 0 unspecified atom stereocenters. The van der Waals surface area contributed by atoms with Crippen molar-refractivity contribution in [2.45, 2.75) is 26.4 Å². The molecular formula is C20H37NO8. The average Bonchev–Trinajstić information content (AvgIpc) is 2.65. The SMILES string of the molecule is C#CCOCCOCCOCCOCCOCCOCCNC(=O)OC(C)(C)C. The Labute approximate surface area is 174 Å². The molecule has 1 amide bonds. The van der Waals surface area contributed by atoms with Crippen molar-refractivity contribution in [3.63, 3.8) is 0 Å². The highest BCUT2D eigenvalue weighted by Gasteiger charge is 2.15. The predicted octanol–water partition coefficient (Wildman–Crippen LogP) is 1.24. The van der Waals surface area contributed by atoms with E-state index >= 15 is 0 Å². The van der Waals surface area contributed by atoms with E-state index in [2.05, 4.69) is 11.2 Å². The normalized spacial score (nSPS) is 11.2. The van der Waals surface area contributed by atoms with Crippen LogP contribution in [-0.2, 0) is 33.2 Å². The van der Waals surface area contributed by atoms with Crippen LogP contribution in [0.15, 0.2) is 0 Å². The Kier molecular flexibility index (Phi) is 18.9. The zero-order valence-corrected chi connectivity index (χ0v) is 18.0. The van der Waals surface area contributed by atoms with Crippen LogP contribution in [0.3, 0.4) is 0 Å². The molecule has 0 spiro atoms. The molecule has 0 heterocycles. The topological polar surface area (TPSA) is 93.7 Å². The Balaban J connectivity index is 3.12. The molecule has 0 aliphatic carbocycles. The van der Waals surface area contributed by atoms with Crippen LogP contribution in [-0.4, -0.2) is 97.5 Å². The van der Waals surface area contributed by atoms with Crippen LogP contribution < -0.4 is 5.32 Å². The first-order valence-corrected chi connectivity index (χ1v) is 9.82. The Hall–Kier alpha value is -1.41. The summed E-state index contributed by atoms with van der Waals surface area (Å²) in [7, 11) is 0. The van der Waals surface area contributed by atoms with Crippen LogP contribution in [0.25, 0.3) is 0 Å². The molecule has 0 aromatic carbocycles. The molecule has 0 fully saturated rings. The van der Waals surface area contributed by atoms with Gasteiger partial charge in [-0.3, -0.25) is 0 Å². The second-order valence-corrected chi connectivity index (χ2v) is 6.75. The van der Waals surface area contributed by atoms with E-state index in [9.17, 15) is 4.79 Å². The minimum Gasteiger partial charge on any atom is -0.444 e. The van der Waals surface area contributed by atoms with Crippen LogP contribution in [0.5, 0.6) is 0 Å². The van der Waals surface area contributed by atoms with E-state index in [1.165, 1.54) is 0 Å². The van der Waals surface area contributed by atoms with Crippen LogP contribution >= 0.6 is 0 Å². The molecule has 0 aromatic heterocycles. The lowest BCUT2D eigenvalue weighted by molar-refractivity contribution is -0.0154. The largest absolute Gasteiger partial charge is 0.444 e. The molecule has 0 radical (unpaired) electrons. The first kappa shape index (κ1) is 27.6. The molecule has 0 saturated carbocycles. The number of ether oxygens (including phenoxy) is 7. The monoisotopic (exact) mass is 419 g/mol. The van der Waals surface area contributed by atoms with E-state index in [1.807, 2.05) is 20.8 Å². The number of terminal acetylenes is 1. The second kappa shape index (κ2) is 19.9. The highest BCUT2D eigenvalue weighted by molar-refractivity contribution is 5.67. The summed E-state index contributed by atoms with van der Waals surface area (Å²) in [6, 6.07) is 0. The summed E-state index contributed by atoms with van der Waals surface area (Å²) in [6.07, 6.45) is 4.60. The smallest absolute Gasteiger partial charge is 0.407 e. The van der Waals surface area contributed by atoms with Gasteiger partial charge in [-0.1, -0.05) is 5.92 Å². The molecule has 0 saturated heterocycles. The minimum absolute atomic E-state index is 0.307. The third-order valence-electron chi connectivity index (χ3n) is 2.96. The number of carbonyl (C=O) groups is 1. The Morgan fingerprint density at radius 2 is 1.10 bits per heavy atom. The van der Waals surface area contributed by atoms with Crippen molar-refractivity contribution >= 4 is 6.09 Å². The molecule has 9 heteroatoms. The first-order chi connectivity index (χ1) is 14.0. The molecule has 0 aliphatic heterocycles. The fourth-order valence-corrected chi connectivity index (χ4v) is 1.77. The van der Waals surface area contributed by atoms with Gasteiger partial charge in [0.05, 0.1) is 72.7 Å². The lowest BCUT2D eigenvalue weighted by Gasteiger charge is -2.19. The number of carbonyl (C=O) groups excluding carboxylic acids is 1. The number of hydrogen-bond donors (Lipinski definition) is 1. The number of amides is 1. The summed E-state index contributed by atoms with van der Waals surface area (Å²) in [6.45, 7) is 11.5. The summed E-state index contributed by atoms with van der Waals surface area (Å²) >= 11 is 0. The van der Waals surface area contributed by atoms with Gasteiger partial charge < -0.3 is 38.5 Å². The molecule has 0 rings (SSSR count). The third-order valence-corrected chi connectivity index (χ3v) is 2.96. The quantitative estimate of drug-likeness (QED) is 0.247. The number of hydrogen-bond acceptors (Lipinski definition) is 8. The maximum atomic E-state index is 11.4. The van der Waals surface area contributed by atoms with Crippen molar-refractivity contribution in [2.24, 2.45) is 0 Å². The van der Waals surface area contributed by atoms with Gasteiger partial charge in [0.2, 0.25) is 0 Å². The molecule has 0 bridgehead atoms. The van der Waals surface area contributed by atoms with E-state index in [0.29, 0.717) is 85.8 Å². The van der Waals surface area contributed by atoms with E-state index in [-0.39, 0.29) is 0 Å². The van der Waals surface area contributed by atoms with E-state index in [0.717, 1.165) is 0 Å². The number of alkyl carbamates (subject to hydrolysis) is 1. The number of rotatable bonds is 19. The summed E-state index contributed by atoms with van der Waals surface area (Å²) in [5.74, 6) is 2.39. The lowest BCUT2D eigenvalue weighted by Crippen LogP contribution is -2.34. The minimum atomic E-state index is -0.500. The van der Waals surface area contributed by atoms with Crippen molar-refractivity contribution in [3.8, 4) is 12.3 Å². The molecule has 0 aliphatic rings. The fourth-order valence-electron chi connectivity index (χ4n) is 1.77. The van der Waals surface area contributed by atoms with Crippen LogP contribution in [0.2, 0.25) is 0 Å². The van der Waals surface area contributed by atoms with Gasteiger partial charge in [0, 0.05) is 6.54 Å². The summed E-state index contributed by atoms with van der Waals surface area (Å²) in [4.78, 5) is 11.4. The molecule has 9 nitrogen and oxygen atoms in total. The molecule has 29 heavy (non-hydrogen) atoms. The zero-order chi connectivity index (χ0) is 21.6. The summed E-state index contributed by atoms with van der Waals surface area (Å²) in [5, 5.41) is 2.62. The average molecular weight is 420 g/mol. The van der Waals surface area contributed by atoms with Crippen LogP contribution in [0, 0.1) is 12.3 Å². The van der Waals surface area contributed by atoms with Crippen LogP contribution in [0.4, 0.5) is 4.79 Å².